The molecule has 5 nitrogen and oxygen atoms in total. The molecule has 0 spiro atoms. The van der Waals surface area contributed by atoms with Crippen molar-refractivity contribution < 1.29 is 4.74 Å². The molecule has 1 saturated carbocycles. The molecule has 23 heavy (non-hydrogen) atoms. The van der Waals surface area contributed by atoms with E-state index >= 15 is 0 Å². The highest BCUT2D eigenvalue weighted by Gasteiger charge is 2.26. The van der Waals surface area contributed by atoms with Crippen molar-refractivity contribution in [3.8, 4) is 5.75 Å². The van der Waals surface area contributed by atoms with E-state index in [1.807, 2.05) is 24.6 Å². The molecule has 5 heteroatoms. The zero-order valence-electron chi connectivity index (χ0n) is 14.2. The van der Waals surface area contributed by atoms with Crippen molar-refractivity contribution in [2.75, 3.05) is 0 Å². The summed E-state index contributed by atoms with van der Waals surface area (Å²) in [5.41, 5.74) is 1.23. The first-order chi connectivity index (χ1) is 11.1. The lowest BCUT2D eigenvalue weighted by molar-refractivity contribution is 0.112. The summed E-state index contributed by atoms with van der Waals surface area (Å²) in [4.78, 5) is 0. The van der Waals surface area contributed by atoms with E-state index in [1.165, 1.54) is 18.4 Å². The Labute approximate surface area is 138 Å². The van der Waals surface area contributed by atoms with Crippen LogP contribution in [-0.2, 0) is 13.6 Å². The van der Waals surface area contributed by atoms with E-state index in [0.717, 1.165) is 36.8 Å². The molecule has 0 saturated heterocycles. The molecule has 2 atom stereocenters. The summed E-state index contributed by atoms with van der Waals surface area (Å²) in [5, 5.41) is 12.0. The molecule has 1 fully saturated rings. The summed E-state index contributed by atoms with van der Waals surface area (Å²) in [7, 11) is 2.01. The van der Waals surface area contributed by atoms with Crippen molar-refractivity contribution in [2.45, 2.75) is 58.2 Å². The van der Waals surface area contributed by atoms with Crippen LogP contribution in [0.5, 0.6) is 5.75 Å². The van der Waals surface area contributed by atoms with Crippen molar-refractivity contribution in [3.63, 3.8) is 0 Å². The average Bonchev–Trinajstić information content (AvgIpc) is 2.86. The van der Waals surface area contributed by atoms with Crippen molar-refractivity contribution >= 4 is 0 Å². The largest absolute Gasteiger partial charge is 0.489 e. The van der Waals surface area contributed by atoms with E-state index in [-0.39, 0.29) is 6.10 Å². The molecule has 1 heterocycles. The summed E-state index contributed by atoms with van der Waals surface area (Å²) >= 11 is 0. The summed E-state index contributed by atoms with van der Waals surface area (Å²) < 4.78 is 8.30. The van der Waals surface area contributed by atoms with Crippen LogP contribution in [-0.4, -0.2) is 26.9 Å². The standard InChI is InChI=1S/C18H26N4O/c1-13-7-6-8-15(11-13)23-17-10-5-4-9-16(17)19-12-18-21-20-14(2)22(18)3/h6-8,11,16-17,19H,4-5,9-10,12H2,1-3H3/t16-,17+/m0/s1. The average molecular weight is 314 g/mol. The highest BCUT2D eigenvalue weighted by atomic mass is 16.5. The Bertz CT molecular complexity index is 652. The summed E-state index contributed by atoms with van der Waals surface area (Å²) in [6.07, 6.45) is 4.96. The molecule has 1 N–H and O–H groups in total. The molecule has 2 aromatic rings. The lowest BCUT2D eigenvalue weighted by Crippen LogP contribution is -2.45. The van der Waals surface area contributed by atoms with Crippen molar-refractivity contribution in [3.05, 3.63) is 41.5 Å². The van der Waals surface area contributed by atoms with Crippen LogP contribution in [0.25, 0.3) is 0 Å². The quantitative estimate of drug-likeness (QED) is 0.922. The normalized spacial score (nSPS) is 21.3. The molecule has 1 aromatic carbocycles. The predicted molar refractivity (Wildman–Crippen MR) is 90.4 cm³/mol. The van der Waals surface area contributed by atoms with E-state index in [1.54, 1.807) is 0 Å². The maximum atomic E-state index is 6.27. The highest BCUT2D eigenvalue weighted by Crippen LogP contribution is 2.24. The molecule has 1 aromatic heterocycles. The van der Waals surface area contributed by atoms with Gasteiger partial charge in [-0.05, 0) is 50.8 Å². The Morgan fingerprint density at radius 2 is 2.04 bits per heavy atom. The van der Waals surface area contributed by atoms with Gasteiger partial charge >= 0.3 is 0 Å². The minimum Gasteiger partial charge on any atom is -0.489 e. The third-order valence-corrected chi connectivity index (χ3v) is 4.68. The van der Waals surface area contributed by atoms with Gasteiger partial charge < -0.3 is 14.6 Å². The Hall–Kier alpha value is -1.88. The Kier molecular flexibility index (Phi) is 4.96. The van der Waals surface area contributed by atoms with E-state index < -0.39 is 0 Å². The first-order valence-electron chi connectivity index (χ1n) is 8.45. The molecule has 124 valence electrons. The number of rotatable bonds is 5. The zero-order chi connectivity index (χ0) is 16.2. The van der Waals surface area contributed by atoms with Gasteiger partial charge in [-0.3, -0.25) is 0 Å². The van der Waals surface area contributed by atoms with Crippen LogP contribution in [0.1, 0.15) is 42.9 Å². The number of nitrogens with zero attached hydrogens (tertiary/aromatic N) is 3. The van der Waals surface area contributed by atoms with Crippen LogP contribution in [0.4, 0.5) is 0 Å². The summed E-state index contributed by atoms with van der Waals surface area (Å²) in [6, 6.07) is 8.67. The minimum absolute atomic E-state index is 0.222. The zero-order valence-corrected chi connectivity index (χ0v) is 14.2. The second kappa shape index (κ2) is 7.13. The monoisotopic (exact) mass is 314 g/mol. The SMILES string of the molecule is Cc1cccc(O[C@@H]2CCCC[C@@H]2NCc2nnc(C)n2C)c1. The third kappa shape index (κ3) is 3.91. The lowest BCUT2D eigenvalue weighted by atomic mass is 9.92. The lowest BCUT2D eigenvalue weighted by Gasteiger charge is -2.32. The van der Waals surface area contributed by atoms with E-state index in [0.29, 0.717) is 6.04 Å². The van der Waals surface area contributed by atoms with Crippen LogP contribution in [0.3, 0.4) is 0 Å². The minimum atomic E-state index is 0.222. The van der Waals surface area contributed by atoms with Crippen LogP contribution in [0.15, 0.2) is 24.3 Å². The van der Waals surface area contributed by atoms with Gasteiger partial charge in [-0.15, -0.1) is 10.2 Å². The Morgan fingerprint density at radius 3 is 2.78 bits per heavy atom. The third-order valence-electron chi connectivity index (χ3n) is 4.68. The Morgan fingerprint density at radius 1 is 1.22 bits per heavy atom. The number of ether oxygens (including phenoxy) is 1. The molecule has 0 radical (unpaired) electrons. The predicted octanol–water partition coefficient (Wildman–Crippen LogP) is 2.91. The van der Waals surface area contributed by atoms with Gasteiger partial charge in [-0.25, -0.2) is 0 Å². The maximum absolute atomic E-state index is 6.27. The van der Waals surface area contributed by atoms with Crippen molar-refractivity contribution in [2.24, 2.45) is 7.05 Å². The second-order valence-electron chi connectivity index (χ2n) is 6.47. The molecule has 0 bridgehead atoms. The number of hydrogen-bond acceptors (Lipinski definition) is 4. The molecular formula is C18H26N4O. The van der Waals surface area contributed by atoms with Crippen LogP contribution >= 0.6 is 0 Å². The van der Waals surface area contributed by atoms with Gasteiger partial charge in [0.15, 0.2) is 0 Å². The van der Waals surface area contributed by atoms with Crippen LogP contribution in [0, 0.1) is 13.8 Å². The van der Waals surface area contributed by atoms with E-state index in [2.05, 4.69) is 40.6 Å². The van der Waals surface area contributed by atoms with Gasteiger partial charge in [0.05, 0.1) is 6.54 Å². The smallest absolute Gasteiger partial charge is 0.146 e. The number of benzene rings is 1. The molecule has 0 amide bonds. The molecule has 0 aliphatic heterocycles. The second-order valence-corrected chi connectivity index (χ2v) is 6.47. The van der Waals surface area contributed by atoms with Gasteiger partial charge in [0.2, 0.25) is 0 Å². The van der Waals surface area contributed by atoms with Gasteiger partial charge in [0.1, 0.15) is 23.5 Å². The van der Waals surface area contributed by atoms with Gasteiger partial charge in [-0.2, -0.15) is 0 Å². The van der Waals surface area contributed by atoms with E-state index in [9.17, 15) is 0 Å². The molecule has 1 aliphatic carbocycles. The van der Waals surface area contributed by atoms with E-state index in [4.69, 9.17) is 4.74 Å². The first-order valence-corrected chi connectivity index (χ1v) is 8.45. The number of nitrogens with one attached hydrogen (secondary N) is 1. The van der Waals surface area contributed by atoms with Crippen molar-refractivity contribution in [1.29, 1.82) is 0 Å². The fraction of sp³-hybridized carbons (Fsp3) is 0.556. The van der Waals surface area contributed by atoms with Gasteiger partial charge in [0, 0.05) is 13.1 Å². The topological polar surface area (TPSA) is 52.0 Å². The first kappa shape index (κ1) is 16.0. The van der Waals surface area contributed by atoms with Crippen LogP contribution in [0.2, 0.25) is 0 Å². The number of aryl methyl sites for hydroxylation is 2. The number of hydrogen-bond donors (Lipinski definition) is 1. The Balaban J connectivity index is 1.63. The fourth-order valence-electron chi connectivity index (χ4n) is 3.16. The highest BCUT2D eigenvalue weighted by molar-refractivity contribution is 5.27. The molecule has 0 unspecified atom stereocenters. The number of aromatic nitrogens is 3. The summed E-state index contributed by atoms with van der Waals surface area (Å²) in [6.45, 7) is 4.80. The summed E-state index contributed by atoms with van der Waals surface area (Å²) in [5.74, 6) is 2.89. The molecule has 3 rings (SSSR count). The maximum Gasteiger partial charge on any atom is 0.146 e. The van der Waals surface area contributed by atoms with Crippen molar-refractivity contribution in [1.82, 2.24) is 20.1 Å². The van der Waals surface area contributed by atoms with Gasteiger partial charge in [-0.1, -0.05) is 18.6 Å². The van der Waals surface area contributed by atoms with Gasteiger partial charge in [0.25, 0.3) is 0 Å². The van der Waals surface area contributed by atoms with Crippen LogP contribution < -0.4 is 10.1 Å². The fourth-order valence-corrected chi connectivity index (χ4v) is 3.16. The molecule has 1 aliphatic rings. The molecular weight excluding hydrogens is 288 g/mol.